The van der Waals surface area contributed by atoms with E-state index >= 15 is 0 Å². The molecule has 2 aromatic carbocycles. The van der Waals surface area contributed by atoms with Crippen LogP contribution in [0.15, 0.2) is 59.8 Å². The number of carbonyl (C=O) groups excluding carboxylic acids is 2. The molecule has 6 nitrogen and oxygen atoms in total. The first-order valence-electron chi connectivity index (χ1n) is 9.26. The highest BCUT2D eigenvalue weighted by Crippen LogP contribution is 2.24. The summed E-state index contributed by atoms with van der Waals surface area (Å²) in [5.74, 6) is -0.189. The molecule has 3 rings (SSSR count). The Balaban J connectivity index is 1.71. The molecule has 1 heterocycles. The Kier molecular flexibility index (Phi) is 6.71. The quantitative estimate of drug-likeness (QED) is 0.564. The lowest BCUT2D eigenvalue weighted by Gasteiger charge is -2.22. The van der Waals surface area contributed by atoms with Gasteiger partial charge in [-0.2, -0.15) is 0 Å². The van der Waals surface area contributed by atoms with Crippen LogP contribution in [-0.4, -0.2) is 38.6 Å². The number of imidazole rings is 1. The van der Waals surface area contributed by atoms with Crippen molar-refractivity contribution in [2.45, 2.75) is 31.6 Å². The molecule has 0 aliphatic heterocycles. The fourth-order valence-corrected chi connectivity index (χ4v) is 4.01. The molecule has 0 saturated heterocycles. The second kappa shape index (κ2) is 9.41. The van der Waals surface area contributed by atoms with Gasteiger partial charge in [0.05, 0.1) is 16.8 Å². The number of thioether (sulfide) groups is 1. The molecule has 0 spiro atoms. The van der Waals surface area contributed by atoms with Crippen molar-refractivity contribution in [3.05, 3.63) is 60.2 Å². The van der Waals surface area contributed by atoms with Gasteiger partial charge in [-0.1, -0.05) is 54.2 Å². The molecule has 0 radical (unpaired) electrons. The summed E-state index contributed by atoms with van der Waals surface area (Å²) in [6.07, 6.45) is 0.150. The number of nitrogens with two attached hydrogens (primary N) is 1. The van der Waals surface area contributed by atoms with Gasteiger partial charge in [0.2, 0.25) is 11.8 Å². The molecule has 0 saturated carbocycles. The summed E-state index contributed by atoms with van der Waals surface area (Å²) in [6, 6.07) is 17.7. The number of rotatable bonds is 9. The number of amides is 2. The average Bonchev–Trinajstić information content (AvgIpc) is 3.07. The second-order valence-corrected chi connectivity index (χ2v) is 7.38. The number of nitrogens with zero attached hydrogens (tertiary/aromatic N) is 3. The lowest BCUT2D eigenvalue weighted by atomic mass is 10.2. The molecule has 1 aromatic heterocycles. The zero-order valence-corrected chi connectivity index (χ0v) is 16.7. The van der Waals surface area contributed by atoms with Crippen molar-refractivity contribution in [2.24, 2.45) is 5.73 Å². The van der Waals surface area contributed by atoms with Crippen LogP contribution in [0, 0.1) is 0 Å². The maximum atomic E-state index is 12.9. The average molecular weight is 397 g/mol. The van der Waals surface area contributed by atoms with Crippen molar-refractivity contribution >= 4 is 34.6 Å². The Hall–Kier alpha value is -2.80. The van der Waals surface area contributed by atoms with Crippen LogP contribution < -0.4 is 5.73 Å². The molecule has 0 atom stereocenters. The molecular weight excluding hydrogens is 372 g/mol. The number of primary amides is 1. The topological polar surface area (TPSA) is 81.2 Å². The number of para-hydroxylation sites is 2. The first-order valence-corrected chi connectivity index (χ1v) is 10.2. The number of fused-ring (bicyclic) bond motifs is 1. The van der Waals surface area contributed by atoms with Gasteiger partial charge in [0.1, 0.15) is 0 Å². The Morgan fingerprint density at radius 3 is 2.54 bits per heavy atom. The van der Waals surface area contributed by atoms with Gasteiger partial charge in [0.15, 0.2) is 5.16 Å². The summed E-state index contributed by atoms with van der Waals surface area (Å²) in [4.78, 5) is 30.4. The highest BCUT2D eigenvalue weighted by Gasteiger charge is 2.17. The first-order chi connectivity index (χ1) is 13.6. The van der Waals surface area contributed by atoms with Gasteiger partial charge in [0.25, 0.3) is 0 Å². The molecule has 0 unspecified atom stereocenters. The fourth-order valence-electron chi connectivity index (χ4n) is 3.03. The minimum Gasteiger partial charge on any atom is -0.370 e. The highest BCUT2D eigenvalue weighted by atomic mass is 32.2. The maximum Gasteiger partial charge on any atom is 0.233 e. The normalized spacial score (nSPS) is 10.9. The fraction of sp³-hybridized carbons (Fsp3) is 0.286. The van der Waals surface area contributed by atoms with Crippen LogP contribution in [-0.2, 0) is 22.7 Å². The van der Waals surface area contributed by atoms with E-state index in [1.807, 2.05) is 54.6 Å². The molecule has 2 N–H and O–H groups in total. The summed E-state index contributed by atoms with van der Waals surface area (Å²) in [7, 11) is 0. The van der Waals surface area contributed by atoms with Crippen molar-refractivity contribution in [3.8, 4) is 0 Å². The third-order valence-corrected chi connectivity index (χ3v) is 5.42. The molecular formula is C21H24N4O2S. The van der Waals surface area contributed by atoms with Crippen LogP contribution in [0.3, 0.4) is 0 Å². The number of hydrogen-bond acceptors (Lipinski definition) is 4. The number of benzene rings is 2. The van der Waals surface area contributed by atoms with Gasteiger partial charge in [0, 0.05) is 26.1 Å². The van der Waals surface area contributed by atoms with E-state index in [-0.39, 0.29) is 18.1 Å². The highest BCUT2D eigenvalue weighted by molar-refractivity contribution is 7.99. The number of aryl methyl sites for hydroxylation is 1. The van der Waals surface area contributed by atoms with Crippen molar-refractivity contribution in [1.82, 2.24) is 14.5 Å². The lowest BCUT2D eigenvalue weighted by molar-refractivity contribution is -0.129. The summed E-state index contributed by atoms with van der Waals surface area (Å²) >= 11 is 1.42. The SMILES string of the molecule is CCn1c(SCC(=O)N(CCC(N)=O)Cc2ccccc2)nc2ccccc21. The molecule has 2 amide bonds. The molecule has 0 aliphatic carbocycles. The van der Waals surface area contributed by atoms with Crippen LogP contribution in [0.5, 0.6) is 0 Å². The van der Waals surface area contributed by atoms with Crippen LogP contribution in [0.1, 0.15) is 18.9 Å². The number of carbonyl (C=O) groups is 2. The van der Waals surface area contributed by atoms with E-state index in [9.17, 15) is 9.59 Å². The third-order valence-electron chi connectivity index (χ3n) is 4.46. The zero-order chi connectivity index (χ0) is 19.9. The largest absolute Gasteiger partial charge is 0.370 e. The van der Waals surface area contributed by atoms with E-state index < -0.39 is 5.91 Å². The Labute approximate surface area is 168 Å². The first kappa shape index (κ1) is 19.9. The van der Waals surface area contributed by atoms with Crippen molar-refractivity contribution in [2.75, 3.05) is 12.3 Å². The maximum absolute atomic E-state index is 12.9. The van der Waals surface area contributed by atoms with Gasteiger partial charge in [-0.25, -0.2) is 4.98 Å². The van der Waals surface area contributed by atoms with E-state index in [0.717, 1.165) is 28.3 Å². The van der Waals surface area contributed by atoms with Crippen molar-refractivity contribution < 1.29 is 9.59 Å². The number of aromatic nitrogens is 2. The summed E-state index contributed by atoms with van der Waals surface area (Å²) in [5, 5.41) is 0.826. The lowest BCUT2D eigenvalue weighted by Crippen LogP contribution is -2.34. The van der Waals surface area contributed by atoms with E-state index in [2.05, 4.69) is 16.5 Å². The summed E-state index contributed by atoms with van der Waals surface area (Å²) in [6.45, 7) is 3.62. The van der Waals surface area contributed by atoms with Gasteiger partial charge in [-0.15, -0.1) is 0 Å². The van der Waals surface area contributed by atoms with E-state index in [0.29, 0.717) is 13.1 Å². The zero-order valence-electron chi connectivity index (χ0n) is 15.9. The summed E-state index contributed by atoms with van der Waals surface area (Å²) in [5.41, 5.74) is 8.29. The molecule has 7 heteroatoms. The van der Waals surface area contributed by atoms with E-state index in [1.165, 1.54) is 11.8 Å². The van der Waals surface area contributed by atoms with Gasteiger partial charge in [-0.3, -0.25) is 9.59 Å². The minimum atomic E-state index is -0.411. The predicted molar refractivity (Wildman–Crippen MR) is 112 cm³/mol. The minimum absolute atomic E-state index is 0.0372. The van der Waals surface area contributed by atoms with Crippen LogP contribution in [0.25, 0.3) is 11.0 Å². The van der Waals surface area contributed by atoms with Crippen LogP contribution >= 0.6 is 11.8 Å². The summed E-state index contributed by atoms with van der Waals surface area (Å²) < 4.78 is 2.11. The van der Waals surface area contributed by atoms with Crippen molar-refractivity contribution in [1.29, 1.82) is 0 Å². The molecule has 146 valence electrons. The molecule has 0 bridgehead atoms. The smallest absolute Gasteiger partial charge is 0.233 e. The standard InChI is InChI=1S/C21H24N4O2S/c1-2-25-18-11-7-6-10-17(18)23-21(25)28-15-20(27)24(13-12-19(22)26)14-16-8-4-3-5-9-16/h3-11H,2,12-15H2,1H3,(H2,22,26). The Bertz CT molecular complexity index is 955. The van der Waals surface area contributed by atoms with E-state index in [1.54, 1.807) is 4.90 Å². The molecule has 0 aliphatic rings. The Morgan fingerprint density at radius 1 is 1.11 bits per heavy atom. The van der Waals surface area contributed by atoms with Crippen molar-refractivity contribution in [3.63, 3.8) is 0 Å². The predicted octanol–water partition coefficient (Wildman–Crippen LogP) is 3.05. The Morgan fingerprint density at radius 2 is 1.82 bits per heavy atom. The van der Waals surface area contributed by atoms with Crippen LogP contribution in [0.4, 0.5) is 0 Å². The monoisotopic (exact) mass is 396 g/mol. The third kappa shape index (κ3) is 4.92. The molecule has 0 fully saturated rings. The molecule has 3 aromatic rings. The van der Waals surface area contributed by atoms with Gasteiger partial charge >= 0.3 is 0 Å². The van der Waals surface area contributed by atoms with Gasteiger partial charge < -0.3 is 15.2 Å². The van der Waals surface area contributed by atoms with Gasteiger partial charge in [-0.05, 0) is 24.6 Å². The second-order valence-electron chi connectivity index (χ2n) is 6.43. The van der Waals surface area contributed by atoms with Crippen LogP contribution in [0.2, 0.25) is 0 Å². The number of hydrogen-bond donors (Lipinski definition) is 1. The molecule has 28 heavy (non-hydrogen) atoms. The van der Waals surface area contributed by atoms with E-state index in [4.69, 9.17) is 5.73 Å².